The Morgan fingerprint density at radius 1 is 1.55 bits per heavy atom. The second kappa shape index (κ2) is 3.23. The SMILES string of the molecule is [C-]#[N+]CC1(O)CCC(C)CC1. The summed E-state index contributed by atoms with van der Waals surface area (Å²) in [7, 11) is 0. The molecule has 1 rings (SSSR count). The van der Waals surface area contributed by atoms with Crippen molar-refractivity contribution in [1.29, 1.82) is 0 Å². The van der Waals surface area contributed by atoms with Gasteiger partial charge < -0.3 is 9.95 Å². The van der Waals surface area contributed by atoms with E-state index in [0.29, 0.717) is 6.54 Å². The smallest absolute Gasteiger partial charge is 0.242 e. The van der Waals surface area contributed by atoms with Crippen molar-refractivity contribution >= 4 is 0 Å². The molecule has 62 valence electrons. The molecule has 1 saturated carbocycles. The van der Waals surface area contributed by atoms with Crippen LogP contribution in [0.2, 0.25) is 0 Å². The van der Waals surface area contributed by atoms with Crippen LogP contribution in [0.5, 0.6) is 0 Å². The average Bonchev–Trinajstić information content (AvgIpc) is 1.97. The van der Waals surface area contributed by atoms with E-state index in [1.165, 1.54) is 0 Å². The highest BCUT2D eigenvalue weighted by Crippen LogP contribution is 2.31. The summed E-state index contributed by atoms with van der Waals surface area (Å²) in [6, 6.07) is 0. The van der Waals surface area contributed by atoms with Crippen molar-refractivity contribution in [2.75, 3.05) is 6.54 Å². The second-order valence-corrected chi connectivity index (χ2v) is 3.72. The first-order valence-electron chi connectivity index (χ1n) is 4.22. The van der Waals surface area contributed by atoms with Crippen molar-refractivity contribution in [3.8, 4) is 0 Å². The summed E-state index contributed by atoms with van der Waals surface area (Å²) in [4.78, 5) is 3.26. The van der Waals surface area contributed by atoms with Gasteiger partial charge in [-0.2, -0.15) is 0 Å². The van der Waals surface area contributed by atoms with Crippen LogP contribution in [-0.2, 0) is 0 Å². The summed E-state index contributed by atoms with van der Waals surface area (Å²) in [5, 5.41) is 9.78. The normalized spacial score (nSPS) is 38.1. The molecule has 1 aliphatic rings. The molecule has 0 saturated heterocycles. The fourth-order valence-electron chi connectivity index (χ4n) is 1.60. The number of rotatable bonds is 1. The van der Waals surface area contributed by atoms with Crippen LogP contribution in [-0.4, -0.2) is 17.3 Å². The van der Waals surface area contributed by atoms with Gasteiger partial charge >= 0.3 is 0 Å². The maximum atomic E-state index is 9.78. The van der Waals surface area contributed by atoms with Crippen LogP contribution >= 0.6 is 0 Å². The van der Waals surface area contributed by atoms with Crippen LogP contribution < -0.4 is 0 Å². The summed E-state index contributed by atoms with van der Waals surface area (Å²) in [5.74, 6) is 0.737. The lowest BCUT2D eigenvalue weighted by Crippen LogP contribution is -2.35. The minimum atomic E-state index is -0.645. The molecule has 0 aromatic carbocycles. The van der Waals surface area contributed by atoms with E-state index in [-0.39, 0.29) is 0 Å². The molecular formula is C9H15NO. The number of nitrogens with zero attached hydrogens (tertiary/aromatic N) is 1. The molecule has 1 N–H and O–H groups in total. The number of hydrogen-bond acceptors (Lipinski definition) is 1. The third kappa shape index (κ3) is 2.20. The van der Waals surface area contributed by atoms with Gasteiger partial charge in [0.05, 0.1) is 0 Å². The van der Waals surface area contributed by atoms with Crippen LogP contribution in [0.3, 0.4) is 0 Å². The van der Waals surface area contributed by atoms with Crippen molar-refractivity contribution in [2.45, 2.75) is 38.2 Å². The zero-order valence-electron chi connectivity index (χ0n) is 7.01. The third-order valence-electron chi connectivity index (χ3n) is 2.58. The number of hydrogen-bond donors (Lipinski definition) is 1. The quantitative estimate of drug-likeness (QED) is 0.571. The van der Waals surface area contributed by atoms with Gasteiger partial charge in [0.1, 0.15) is 5.60 Å². The van der Waals surface area contributed by atoms with E-state index in [4.69, 9.17) is 6.57 Å². The minimum absolute atomic E-state index is 0.291. The summed E-state index contributed by atoms with van der Waals surface area (Å²) >= 11 is 0. The first kappa shape index (κ1) is 8.55. The summed E-state index contributed by atoms with van der Waals surface area (Å²) in [5.41, 5.74) is -0.645. The Hall–Kier alpha value is -0.550. The second-order valence-electron chi connectivity index (χ2n) is 3.72. The van der Waals surface area contributed by atoms with E-state index in [0.717, 1.165) is 31.6 Å². The van der Waals surface area contributed by atoms with Gasteiger partial charge in [0, 0.05) is 0 Å². The van der Waals surface area contributed by atoms with Crippen molar-refractivity contribution in [2.24, 2.45) is 5.92 Å². The van der Waals surface area contributed by atoms with Gasteiger partial charge in [0.15, 0.2) is 0 Å². The predicted octanol–water partition coefficient (Wildman–Crippen LogP) is 1.85. The molecule has 1 aliphatic carbocycles. The van der Waals surface area contributed by atoms with E-state index in [2.05, 4.69) is 11.8 Å². The Balaban J connectivity index is 2.43. The molecule has 0 aromatic heterocycles. The molecule has 0 amide bonds. The lowest BCUT2D eigenvalue weighted by molar-refractivity contribution is 0.00782. The maximum absolute atomic E-state index is 9.78. The molecule has 0 unspecified atom stereocenters. The number of aliphatic hydroxyl groups is 1. The fraction of sp³-hybridized carbons (Fsp3) is 0.889. The van der Waals surface area contributed by atoms with Crippen molar-refractivity contribution < 1.29 is 5.11 Å². The molecule has 0 heterocycles. The Morgan fingerprint density at radius 2 is 2.09 bits per heavy atom. The molecule has 1 fully saturated rings. The molecule has 2 heteroatoms. The van der Waals surface area contributed by atoms with Gasteiger partial charge in [-0.05, 0) is 31.6 Å². The highest BCUT2D eigenvalue weighted by Gasteiger charge is 2.34. The summed E-state index contributed by atoms with van der Waals surface area (Å²) < 4.78 is 0. The molecule has 0 atom stereocenters. The molecule has 2 nitrogen and oxygen atoms in total. The molecule has 0 spiro atoms. The highest BCUT2D eigenvalue weighted by atomic mass is 16.3. The van der Waals surface area contributed by atoms with Gasteiger partial charge in [0.2, 0.25) is 6.54 Å². The molecular weight excluding hydrogens is 138 g/mol. The van der Waals surface area contributed by atoms with Crippen LogP contribution in [0.25, 0.3) is 4.85 Å². The zero-order chi connectivity index (χ0) is 8.32. The molecule has 11 heavy (non-hydrogen) atoms. The summed E-state index contributed by atoms with van der Waals surface area (Å²) in [6.07, 6.45) is 3.78. The Kier molecular flexibility index (Phi) is 2.51. The van der Waals surface area contributed by atoms with Crippen molar-refractivity contribution in [3.63, 3.8) is 0 Å². The third-order valence-corrected chi connectivity index (χ3v) is 2.58. The van der Waals surface area contributed by atoms with Gasteiger partial charge in [-0.25, -0.2) is 6.57 Å². The van der Waals surface area contributed by atoms with Crippen LogP contribution in [0.4, 0.5) is 0 Å². The van der Waals surface area contributed by atoms with E-state index in [1.807, 2.05) is 0 Å². The highest BCUT2D eigenvalue weighted by molar-refractivity contribution is 4.90. The molecule has 0 aromatic rings. The first-order valence-corrected chi connectivity index (χ1v) is 4.22. The Morgan fingerprint density at radius 3 is 2.55 bits per heavy atom. The standard InChI is InChI=1S/C9H15NO/c1-8-3-5-9(11,6-4-8)7-10-2/h8,11H,3-7H2,1H3. The Labute approximate surface area is 68.0 Å². The van der Waals surface area contributed by atoms with Gasteiger partial charge in [-0.1, -0.05) is 6.92 Å². The Bertz CT molecular complexity index is 163. The molecule has 0 bridgehead atoms. The van der Waals surface area contributed by atoms with Gasteiger partial charge in [0.25, 0.3) is 0 Å². The maximum Gasteiger partial charge on any atom is 0.242 e. The molecule has 0 radical (unpaired) electrons. The van der Waals surface area contributed by atoms with Crippen LogP contribution in [0.15, 0.2) is 0 Å². The van der Waals surface area contributed by atoms with E-state index < -0.39 is 5.60 Å². The monoisotopic (exact) mass is 153 g/mol. The van der Waals surface area contributed by atoms with Gasteiger partial charge in [-0.15, -0.1) is 0 Å². The lowest BCUT2D eigenvalue weighted by Gasteiger charge is -2.30. The first-order chi connectivity index (χ1) is 5.16. The van der Waals surface area contributed by atoms with Gasteiger partial charge in [-0.3, -0.25) is 0 Å². The van der Waals surface area contributed by atoms with Crippen LogP contribution in [0.1, 0.15) is 32.6 Å². The van der Waals surface area contributed by atoms with E-state index in [1.54, 1.807) is 0 Å². The zero-order valence-corrected chi connectivity index (χ0v) is 7.01. The van der Waals surface area contributed by atoms with E-state index >= 15 is 0 Å². The predicted molar refractivity (Wildman–Crippen MR) is 44.1 cm³/mol. The van der Waals surface area contributed by atoms with Crippen LogP contribution in [0, 0.1) is 12.5 Å². The van der Waals surface area contributed by atoms with Crippen molar-refractivity contribution in [3.05, 3.63) is 11.4 Å². The topological polar surface area (TPSA) is 24.6 Å². The molecule has 0 aliphatic heterocycles. The lowest BCUT2D eigenvalue weighted by atomic mass is 9.80. The van der Waals surface area contributed by atoms with E-state index in [9.17, 15) is 5.11 Å². The van der Waals surface area contributed by atoms with Crippen molar-refractivity contribution in [1.82, 2.24) is 0 Å². The largest absolute Gasteiger partial charge is 0.382 e. The minimum Gasteiger partial charge on any atom is -0.382 e. The fourth-order valence-corrected chi connectivity index (χ4v) is 1.60. The summed E-state index contributed by atoms with van der Waals surface area (Å²) in [6.45, 7) is 9.18. The average molecular weight is 153 g/mol.